The minimum Gasteiger partial charge on any atom is -0.387 e. The summed E-state index contributed by atoms with van der Waals surface area (Å²) in [4.78, 5) is 49.4. The van der Waals surface area contributed by atoms with Crippen LogP contribution in [0.1, 0.15) is 60.2 Å². The summed E-state index contributed by atoms with van der Waals surface area (Å²) in [5.74, 6) is -0.360. The lowest BCUT2D eigenvalue weighted by atomic mass is 10.0. The number of nitrogens with two attached hydrogens (primary N) is 2. The van der Waals surface area contributed by atoms with E-state index in [1.807, 2.05) is 55.2 Å². The summed E-state index contributed by atoms with van der Waals surface area (Å²) >= 11 is 0. The smallest absolute Gasteiger partial charge is 0.255 e. The van der Waals surface area contributed by atoms with Crippen molar-refractivity contribution in [2.45, 2.75) is 52.1 Å². The highest BCUT2D eigenvalue weighted by atomic mass is 16.2. The number of aliphatic imine (C=N–C) groups is 1. The molecule has 0 radical (unpaired) electrons. The molecule has 10 nitrogen and oxygen atoms in total. The molecule has 0 saturated heterocycles. The summed E-state index contributed by atoms with van der Waals surface area (Å²) in [5.41, 5.74) is 16.6. The Hall–Kier alpha value is -4.83. The number of rotatable bonds is 12. The van der Waals surface area contributed by atoms with Crippen LogP contribution in [0.4, 0.5) is 11.4 Å². The van der Waals surface area contributed by atoms with Crippen LogP contribution >= 0.6 is 0 Å². The third-order valence-electron chi connectivity index (χ3n) is 6.96. The van der Waals surface area contributed by atoms with Crippen molar-refractivity contribution in [1.82, 2.24) is 15.2 Å². The van der Waals surface area contributed by atoms with E-state index < -0.39 is 6.04 Å². The Balaban J connectivity index is 1.41. The fourth-order valence-corrected chi connectivity index (χ4v) is 4.86. The zero-order valence-electron chi connectivity index (χ0n) is 24.7. The van der Waals surface area contributed by atoms with Crippen LogP contribution in [0.3, 0.4) is 0 Å². The van der Waals surface area contributed by atoms with Gasteiger partial charge in [-0.25, -0.2) is 4.99 Å². The molecule has 2 aromatic carbocycles. The van der Waals surface area contributed by atoms with Crippen LogP contribution in [-0.2, 0) is 22.6 Å². The fraction of sp³-hybridized carbons (Fsp3) is 0.303. The van der Waals surface area contributed by atoms with Crippen LogP contribution in [-0.4, -0.2) is 52.6 Å². The first-order valence-corrected chi connectivity index (χ1v) is 14.6. The Morgan fingerprint density at radius 2 is 1.72 bits per heavy atom. The summed E-state index contributed by atoms with van der Waals surface area (Å²) in [7, 11) is 0. The van der Waals surface area contributed by atoms with Crippen LogP contribution in [0.2, 0.25) is 0 Å². The number of nitrogens with zero attached hydrogens (tertiary/aromatic N) is 3. The van der Waals surface area contributed by atoms with Crippen molar-refractivity contribution in [1.29, 1.82) is 0 Å². The number of hydrogen-bond acceptors (Lipinski definition) is 7. The number of fused-ring (bicyclic) bond motifs is 1. The van der Waals surface area contributed by atoms with Gasteiger partial charge in [0.15, 0.2) is 0 Å². The number of benzene rings is 2. The van der Waals surface area contributed by atoms with Gasteiger partial charge in [-0.05, 0) is 54.7 Å². The highest BCUT2D eigenvalue weighted by molar-refractivity contribution is 6.07. The fourth-order valence-electron chi connectivity index (χ4n) is 4.86. The Labute approximate surface area is 252 Å². The molecule has 1 aromatic heterocycles. The Morgan fingerprint density at radius 3 is 2.44 bits per heavy atom. The van der Waals surface area contributed by atoms with Gasteiger partial charge in [0.1, 0.15) is 5.84 Å². The van der Waals surface area contributed by atoms with Crippen LogP contribution in [0.5, 0.6) is 0 Å². The number of aromatic nitrogens is 1. The number of carbonyl (C=O) groups is 3. The molecule has 6 N–H and O–H groups in total. The lowest BCUT2D eigenvalue weighted by Gasteiger charge is -2.22. The number of amides is 3. The van der Waals surface area contributed by atoms with Crippen molar-refractivity contribution in [2.24, 2.45) is 16.5 Å². The highest BCUT2D eigenvalue weighted by Crippen LogP contribution is 2.29. The average molecular weight is 582 g/mol. The molecule has 1 atom stereocenters. The molecular formula is C33H39N7O3. The van der Waals surface area contributed by atoms with Gasteiger partial charge in [0, 0.05) is 49.0 Å². The second-order valence-electron chi connectivity index (χ2n) is 10.6. The maximum atomic E-state index is 13.2. The molecule has 3 amide bonds. The third-order valence-corrected chi connectivity index (χ3v) is 6.96. The van der Waals surface area contributed by atoms with Gasteiger partial charge in [0.05, 0.1) is 23.6 Å². The first-order chi connectivity index (χ1) is 20.8. The van der Waals surface area contributed by atoms with E-state index in [0.29, 0.717) is 53.4 Å². The summed E-state index contributed by atoms with van der Waals surface area (Å²) in [6, 6.07) is 15.8. The predicted molar refractivity (Wildman–Crippen MR) is 170 cm³/mol. The van der Waals surface area contributed by atoms with Crippen molar-refractivity contribution in [3.8, 4) is 0 Å². The average Bonchev–Trinajstić information content (AvgIpc) is 3.17. The maximum absolute atomic E-state index is 13.2. The van der Waals surface area contributed by atoms with Gasteiger partial charge in [-0.3, -0.25) is 19.4 Å². The molecule has 43 heavy (non-hydrogen) atoms. The topological polar surface area (TPSA) is 156 Å². The minimum atomic E-state index is -0.682. The first kappa shape index (κ1) is 31.1. The van der Waals surface area contributed by atoms with Crippen LogP contribution in [0.15, 0.2) is 77.6 Å². The zero-order chi connectivity index (χ0) is 30.8. The Morgan fingerprint density at radius 1 is 0.977 bits per heavy atom. The van der Waals surface area contributed by atoms with E-state index in [1.165, 1.54) is 6.20 Å². The third kappa shape index (κ3) is 8.59. The maximum Gasteiger partial charge on any atom is 0.255 e. The van der Waals surface area contributed by atoms with Gasteiger partial charge in [-0.15, -0.1) is 0 Å². The molecule has 0 bridgehead atoms. The second-order valence-corrected chi connectivity index (χ2v) is 10.6. The van der Waals surface area contributed by atoms with Crippen LogP contribution in [0, 0.1) is 0 Å². The molecule has 224 valence electrons. The van der Waals surface area contributed by atoms with E-state index in [0.717, 1.165) is 24.0 Å². The SMILES string of the molecule is CCCN(CCC)C(=O)C1=Cc2ccc(C(=O)Nc3cncc(CNC(=O)C(N)Cc4ccccc4)c3)cc2N=C(N)C1. The monoisotopic (exact) mass is 581 g/mol. The van der Waals surface area contributed by atoms with Gasteiger partial charge < -0.3 is 27.0 Å². The summed E-state index contributed by atoms with van der Waals surface area (Å²) in [6.45, 7) is 5.66. The highest BCUT2D eigenvalue weighted by Gasteiger charge is 2.21. The zero-order valence-corrected chi connectivity index (χ0v) is 24.7. The van der Waals surface area contributed by atoms with Crippen molar-refractivity contribution >= 4 is 41.0 Å². The van der Waals surface area contributed by atoms with Gasteiger partial charge in [0.25, 0.3) is 5.91 Å². The van der Waals surface area contributed by atoms with E-state index >= 15 is 0 Å². The van der Waals surface area contributed by atoms with Crippen molar-refractivity contribution in [2.75, 3.05) is 18.4 Å². The van der Waals surface area contributed by atoms with E-state index in [9.17, 15) is 14.4 Å². The number of nitrogens with one attached hydrogen (secondary N) is 2. The molecule has 0 aliphatic carbocycles. The summed E-state index contributed by atoms with van der Waals surface area (Å²) < 4.78 is 0. The molecule has 0 spiro atoms. The molecule has 10 heteroatoms. The van der Waals surface area contributed by atoms with Crippen LogP contribution < -0.4 is 22.1 Å². The number of carbonyl (C=O) groups excluding carboxylic acids is 3. The lowest BCUT2D eigenvalue weighted by molar-refractivity contribution is -0.127. The molecule has 1 aliphatic rings. The van der Waals surface area contributed by atoms with Gasteiger partial charge in [-0.1, -0.05) is 50.2 Å². The molecule has 0 saturated carbocycles. The molecule has 1 unspecified atom stereocenters. The molecule has 2 heterocycles. The predicted octanol–water partition coefficient (Wildman–Crippen LogP) is 3.94. The molecular weight excluding hydrogens is 542 g/mol. The minimum absolute atomic E-state index is 0.0433. The lowest BCUT2D eigenvalue weighted by Crippen LogP contribution is -2.41. The van der Waals surface area contributed by atoms with E-state index in [1.54, 1.807) is 30.5 Å². The van der Waals surface area contributed by atoms with Crippen LogP contribution in [0.25, 0.3) is 6.08 Å². The number of amidine groups is 1. The van der Waals surface area contributed by atoms with Gasteiger partial charge >= 0.3 is 0 Å². The number of pyridine rings is 1. The Kier molecular flexibility index (Phi) is 10.8. The molecule has 4 rings (SSSR count). The van der Waals surface area contributed by atoms with Crippen molar-refractivity contribution in [3.63, 3.8) is 0 Å². The molecule has 3 aromatic rings. The van der Waals surface area contributed by atoms with Crippen molar-refractivity contribution < 1.29 is 14.4 Å². The summed E-state index contributed by atoms with van der Waals surface area (Å²) in [5, 5.41) is 5.68. The van der Waals surface area contributed by atoms with E-state index in [2.05, 4.69) is 20.6 Å². The van der Waals surface area contributed by atoms with E-state index in [-0.39, 0.29) is 30.7 Å². The first-order valence-electron chi connectivity index (χ1n) is 14.6. The second kappa shape index (κ2) is 14.9. The molecule has 0 fully saturated rings. The van der Waals surface area contributed by atoms with Gasteiger partial charge in [-0.2, -0.15) is 0 Å². The molecule has 1 aliphatic heterocycles. The number of anilines is 1. The normalized spacial score (nSPS) is 13.1. The standard InChI is InChI=1S/C33H39N7O3/c1-3-12-40(13-4-2)33(43)26-16-24-10-11-25(17-29(24)39-30(35)18-26)31(41)38-27-14-23(19-36-21-27)20-37-32(42)28(34)15-22-8-6-5-7-9-22/h5-11,14,16-17,19,21,28H,3-4,12-13,15,18,20,34H2,1-2H3,(H2,35,39)(H,37,42)(H,38,41). The van der Waals surface area contributed by atoms with Gasteiger partial charge in [0.2, 0.25) is 11.8 Å². The number of hydrogen-bond donors (Lipinski definition) is 4. The van der Waals surface area contributed by atoms with Crippen molar-refractivity contribution in [3.05, 3.63) is 94.8 Å². The summed E-state index contributed by atoms with van der Waals surface area (Å²) in [6.07, 6.45) is 7.37. The Bertz CT molecular complexity index is 1510. The quantitative estimate of drug-likeness (QED) is 0.254. The van der Waals surface area contributed by atoms with E-state index in [4.69, 9.17) is 11.5 Å². The largest absolute Gasteiger partial charge is 0.387 e.